The quantitative estimate of drug-likeness (QED) is 0.117. The number of hydrogen-bond acceptors (Lipinski definition) is 7. The number of fused-ring (bicyclic) bond motifs is 7. The predicted octanol–water partition coefficient (Wildman–Crippen LogP) is 8.16. The predicted molar refractivity (Wildman–Crippen MR) is 212 cm³/mol. The minimum absolute atomic E-state index is 0.101. The molecule has 1 heterocycles. The van der Waals surface area contributed by atoms with Gasteiger partial charge in [-0.1, -0.05) is 46.8 Å². The Morgan fingerprint density at radius 2 is 1.58 bits per heavy atom. The van der Waals surface area contributed by atoms with Crippen LogP contribution in [0, 0.1) is 62.1 Å². The zero-order valence-corrected chi connectivity index (χ0v) is 35.5. The molecule has 0 spiro atoms. The molecule has 6 rings (SSSR count). The van der Waals surface area contributed by atoms with E-state index >= 15 is 0 Å². The molecule has 0 radical (unpaired) electrons. The molecule has 0 aromatic rings. The Morgan fingerprint density at radius 3 is 2.25 bits per heavy atom. The van der Waals surface area contributed by atoms with Gasteiger partial charge in [-0.3, -0.25) is 9.59 Å². The third kappa shape index (κ3) is 7.21. The van der Waals surface area contributed by atoms with Gasteiger partial charge in [0, 0.05) is 31.6 Å². The Kier molecular flexibility index (Phi) is 11.3. The third-order valence-corrected chi connectivity index (χ3v) is 19.3. The number of esters is 1. The highest BCUT2D eigenvalue weighted by Crippen LogP contribution is 2.78. The van der Waals surface area contributed by atoms with Crippen molar-refractivity contribution < 1.29 is 27.9 Å². The summed E-state index contributed by atoms with van der Waals surface area (Å²) in [5.41, 5.74) is 1.22. The number of carboxylic acids is 1. The number of carbonyl (C=O) groups excluding carboxylic acids is 1. The molecule has 2 N–H and O–H groups in total. The smallest absolute Gasteiger partial charge is 0.309 e. The zero-order valence-electron chi connectivity index (χ0n) is 34.7. The maximum Gasteiger partial charge on any atom is 0.309 e. The van der Waals surface area contributed by atoms with Gasteiger partial charge in [-0.05, 0) is 156 Å². The number of sulfone groups is 1. The lowest BCUT2D eigenvalue weighted by Crippen LogP contribution is -2.66. The molecule has 6 aliphatic rings. The maximum atomic E-state index is 13.1. The van der Waals surface area contributed by atoms with E-state index in [0.717, 1.165) is 38.9 Å². The van der Waals surface area contributed by atoms with E-state index < -0.39 is 21.2 Å². The second-order valence-corrected chi connectivity index (χ2v) is 23.4. The van der Waals surface area contributed by atoms with Gasteiger partial charge < -0.3 is 20.1 Å². The number of nitrogens with one attached hydrogen (secondary N) is 1. The molecule has 8 nitrogen and oxygen atoms in total. The number of ether oxygens (including phenoxy) is 1. The number of nitrogens with zero attached hydrogens (tertiary/aromatic N) is 1. The minimum atomic E-state index is -2.83. The molecular weight excluding hydrogens is 685 g/mol. The molecule has 0 bridgehead atoms. The fraction of sp³-hybridized carbons (Fsp3) is 0.909. The van der Waals surface area contributed by atoms with Gasteiger partial charge in [0.2, 0.25) is 0 Å². The van der Waals surface area contributed by atoms with Crippen LogP contribution in [0.5, 0.6) is 0 Å². The molecule has 9 heteroatoms. The van der Waals surface area contributed by atoms with Gasteiger partial charge in [-0.2, -0.15) is 0 Å². The maximum absolute atomic E-state index is 13.1. The first-order chi connectivity index (χ1) is 24.6. The summed E-state index contributed by atoms with van der Waals surface area (Å²) in [5.74, 6) is 2.39. The van der Waals surface area contributed by atoms with Crippen LogP contribution in [0.4, 0.5) is 0 Å². The first-order valence-electron chi connectivity index (χ1n) is 21.3. The summed E-state index contributed by atoms with van der Waals surface area (Å²) in [7, 11) is -2.83. The Balaban J connectivity index is 1.13. The van der Waals surface area contributed by atoms with E-state index in [1.165, 1.54) is 63.4 Å². The molecule has 53 heavy (non-hydrogen) atoms. The molecule has 10 atom stereocenters. The lowest BCUT2D eigenvalue weighted by Gasteiger charge is -2.73. The summed E-state index contributed by atoms with van der Waals surface area (Å²) < 4.78 is 29.8. The van der Waals surface area contributed by atoms with Gasteiger partial charge in [0.05, 0.1) is 23.3 Å². The SMILES string of the molecule is C=C(C)[C@@H]1CC[C@]2(CCCNCCN3CCS(=O)(=O)CC3)CC[C@]3(C)[C@H](CC[C@@H]4[C@@]5(C)CC[C@H](OC(=O)CC(C)(C)C(=O)O)C(C)(C)[C@@H]5CC[C@]43C)[C@@H]12. The summed E-state index contributed by atoms with van der Waals surface area (Å²) in [6, 6.07) is 0. The molecular formula is C44H74N2O6S. The lowest BCUT2D eigenvalue weighted by atomic mass is 9.32. The average molecular weight is 759 g/mol. The first kappa shape index (κ1) is 41.2. The fourth-order valence-electron chi connectivity index (χ4n) is 14.4. The van der Waals surface area contributed by atoms with Crippen LogP contribution in [-0.4, -0.2) is 80.7 Å². The molecule has 1 saturated heterocycles. The highest BCUT2D eigenvalue weighted by atomic mass is 32.2. The van der Waals surface area contributed by atoms with Crippen LogP contribution in [0.2, 0.25) is 0 Å². The van der Waals surface area contributed by atoms with Crippen molar-refractivity contribution >= 4 is 21.8 Å². The molecule has 6 fully saturated rings. The number of aliphatic carboxylic acids is 1. The molecule has 5 aliphatic carbocycles. The average Bonchev–Trinajstić information content (AvgIpc) is 3.45. The molecule has 5 saturated carbocycles. The Hall–Kier alpha value is -1.45. The molecule has 0 amide bonds. The van der Waals surface area contributed by atoms with Crippen LogP contribution in [0.15, 0.2) is 12.2 Å². The molecule has 0 aromatic carbocycles. The van der Waals surface area contributed by atoms with Gasteiger partial charge >= 0.3 is 11.9 Å². The third-order valence-electron chi connectivity index (χ3n) is 17.7. The topological polar surface area (TPSA) is 113 Å². The van der Waals surface area contributed by atoms with E-state index in [-0.39, 0.29) is 40.2 Å². The Morgan fingerprint density at radius 1 is 0.887 bits per heavy atom. The van der Waals surface area contributed by atoms with Crippen molar-refractivity contribution in [1.29, 1.82) is 0 Å². The number of rotatable bonds is 12. The van der Waals surface area contributed by atoms with Crippen molar-refractivity contribution in [3.8, 4) is 0 Å². The van der Waals surface area contributed by atoms with E-state index in [4.69, 9.17) is 4.74 Å². The minimum Gasteiger partial charge on any atom is -0.481 e. The van der Waals surface area contributed by atoms with Crippen LogP contribution in [0.1, 0.15) is 139 Å². The van der Waals surface area contributed by atoms with Crippen molar-refractivity contribution in [2.75, 3.05) is 44.2 Å². The van der Waals surface area contributed by atoms with Gasteiger partial charge in [-0.15, -0.1) is 0 Å². The standard InChI is InChI=1S/C44H74N2O6S/c1-30(2)31-13-19-44(16-10-22-45-23-24-46-25-27-53(50,51)28-26-46)21-20-42(8)32(37(31)44)11-12-34-41(7)17-15-35(52-36(47)29-39(3,4)38(48)49)40(5,6)33(41)14-18-43(34,42)9/h31-35,37,45H,1,10-29H2,2-9H3,(H,48,49)/t31-,32+,33-,34+,35-,37+,41-,42+,43+,44+/m0/s1. The Labute approximate surface area is 322 Å². The van der Waals surface area contributed by atoms with Crippen molar-refractivity contribution in [2.24, 2.45) is 62.1 Å². The van der Waals surface area contributed by atoms with Crippen molar-refractivity contribution in [3.63, 3.8) is 0 Å². The second-order valence-electron chi connectivity index (χ2n) is 21.1. The van der Waals surface area contributed by atoms with Gasteiger partial charge in [0.15, 0.2) is 9.84 Å². The molecule has 0 unspecified atom stereocenters. The zero-order chi connectivity index (χ0) is 38.8. The largest absolute Gasteiger partial charge is 0.481 e. The summed E-state index contributed by atoms with van der Waals surface area (Å²) in [5, 5.41) is 13.3. The molecule has 1 aliphatic heterocycles. The van der Waals surface area contributed by atoms with Crippen LogP contribution in [0.25, 0.3) is 0 Å². The summed E-state index contributed by atoms with van der Waals surface area (Å²) in [4.78, 5) is 27.1. The fourth-order valence-corrected chi connectivity index (χ4v) is 15.7. The van der Waals surface area contributed by atoms with E-state index in [1.807, 2.05) is 0 Å². The Bertz CT molecular complexity index is 1510. The van der Waals surface area contributed by atoms with Gasteiger partial charge in [0.1, 0.15) is 6.10 Å². The number of allylic oxidation sites excluding steroid dienone is 1. The monoisotopic (exact) mass is 759 g/mol. The van der Waals surface area contributed by atoms with Crippen LogP contribution >= 0.6 is 0 Å². The molecule has 302 valence electrons. The van der Waals surface area contributed by atoms with Crippen molar-refractivity contribution in [2.45, 2.75) is 145 Å². The van der Waals surface area contributed by atoms with Crippen molar-refractivity contribution in [3.05, 3.63) is 12.2 Å². The van der Waals surface area contributed by atoms with Crippen molar-refractivity contribution in [1.82, 2.24) is 10.2 Å². The summed E-state index contributed by atoms with van der Waals surface area (Å²) in [6.45, 7) is 27.0. The lowest BCUT2D eigenvalue weighted by molar-refractivity contribution is -0.250. The highest BCUT2D eigenvalue weighted by Gasteiger charge is 2.71. The van der Waals surface area contributed by atoms with Crippen LogP contribution in [-0.2, 0) is 24.2 Å². The van der Waals surface area contributed by atoms with Gasteiger partial charge in [-0.25, -0.2) is 8.42 Å². The number of hydrogen-bond donors (Lipinski definition) is 2. The summed E-state index contributed by atoms with van der Waals surface area (Å²) >= 11 is 0. The van der Waals surface area contributed by atoms with Crippen LogP contribution in [0.3, 0.4) is 0 Å². The second kappa shape index (κ2) is 14.5. The first-order valence-corrected chi connectivity index (χ1v) is 23.2. The number of carboxylic acid groups (broad SMARTS) is 1. The van der Waals surface area contributed by atoms with E-state index in [0.29, 0.717) is 59.6 Å². The van der Waals surface area contributed by atoms with E-state index in [1.54, 1.807) is 13.8 Å². The molecule has 0 aromatic heterocycles. The van der Waals surface area contributed by atoms with E-state index in [2.05, 4.69) is 58.3 Å². The number of carbonyl (C=O) groups is 2. The van der Waals surface area contributed by atoms with Gasteiger partial charge in [0.25, 0.3) is 0 Å². The normalized spacial score (nSPS) is 42.0. The van der Waals surface area contributed by atoms with Crippen LogP contribution < -0.4 is 5.32 Å². The summed E-state index contributed by atoms with van der Waals surface area (Å²) in [6.07, 6.45) is 14.4. The van der Waals surface area contributed by atoms with E-state index in [9.17, 15) is 23.1 Å². The highest BCUT2D eigenvalue weighted by molar-refractivity contribution is 7.91.